The number of phosphoric ester groups is 1. The SMILES string of the molecule is COc1cccc(C(=O)O[C@@](Cn2cncn2)(c2ccc(F)cc2F)[C@@H](C)SC2COC(/C=C/C=C/c3ccc(C#N)cc3F)OC2)c1COP(=O)([O-])[O-].[Na+].[Na+]. The minimum absolute atomic E-state index is 0. The number of methoxy groups -OCH3 is 1. The number of hydrogen-bond acceptors (Lipinski definition) is 13. The van der Waals surface area contributed by atoms with Crippen LogP contribution in [0.3, 0.4) is 0 Å². The van der Waals surface area contributed by atoms with E-state index in [4.69, 9.17) is 24.2 Å². The Morgan fingerprint density at radius 3 is 2.50 bits per heavy atom. The van der Waals surface area contributed by atoms with Gasteiger partial charge in [0.25, 0.3) is 0 Å². The number of halogens is 3. The average Bonchev–Trinajstić information content (AvgIpc) is 3.65. The van der Waals surface area contributed by atoms with E-state index in [2.05, 4.69) is 14.6 Å². The molecule has 2 atom stereocenters. The van der Waals surface area contributed by atoms with Crippen molar-refractivity contribution in [3.05, 3.63) is 131 Å². The van der Waals surface area contributed by atoms with Crippen LogP contribution >= 0.6 is 19.6 Å². The van der Waals surface area contributed by atoms with E-state index in [9.17, 15) is 27.9 Å². The molecule has 13 nitrogen and oxygen atoms in total. The minimum Gasteiger partial charge on any atom is -0.790 e. The summed E-state index contributed by atoms with van der Waals surface area (Å²) in [7, 11) is -4.23. The van der Waals surface area contributed by atoms with Gasteiger partial charge in [-0.15, -0.1) is 11.8 Å². The average molecular weight is 831 g/mol. The molecular formula is C36H32F3N4Na2O9PS. The van der Waals surface area contributed by atoms with Crippen LogP contribution in [0.25, 0.3) is 6.08 Å². The molecule has 0 unspecified atom stereocenters. The Hall–Kier alpha value is -2.79. The largest absolute Gasteiger partial charge is 1.00 e. The summed E-state index contributed by atoms with van der Waals surface area (Å²) in [6, 6.07) is 12.9. The summed E-state index contributed by atoms with van der Waals surface area (Å²) < 4.78 is 84.7. The first-order valence-corrected chi connectivity index (χ1v) is 18.5. The normalized spacial score (nSPS) is 17.3. The number of hydrogen-bond donors (Lipinski definition) is 0. The first kappa shape index (κ1) is 47.6. The zero-order chi connectivity index (χ0) is 38.9. The van der Waals surface area contributed by atoms with Crippen molar-refractivity contribution in [1.82, 2.24) is 14.8 Å². The van der Waals surface area contributed by atoms with Crippen LogP contribution in [0.1, 0.15) is 39.5 Å². The van der Waals surface area contributed by atoms with Crippen molar-refractivity contribution in [2.45, 2.75) is 42.5 Å². The third-order valence-corrected chi connectivity index (χ3v) is 10.1. The van der Waals surface area contributed by atoms with E-state index in [0.29, 0.717) is 6.07 Å². The van der Waals surface area contributed by atoms with E-state index in [1.807, 2.05) is 6.07 Å². The maximum atomic E-state index is 15.9. The second kappa shape index (κ2) is 21.8. The molecule has 1 aliphatic heterocycles. The van der Waals surface area contributed by atoms with Crippen LogP contribution in [-0.4, -0.2) is 57.8 Å². The second-order valence-electron chi connectivity index (χ2n) is 11.7. The molecule has 1 aliphatic rings. The molecule has 20 heteroatoms. The van der Waals surface area contributed by atoms with Gasteiger partial charge < -0.3 is 37.8 Å². The van der Waals surface area contributed by atoms with Crippen molar-refractivity contribution < 1.29 is 115 Å². The second-order valence-corrected chi connectivity index (χ2v) is 14.5. The van der Waals surface area contributed by atoms with Crippen LogP contribution in [0.4, 0.5) is 13.2 Å². The van der Waals surface area contributed by atoms with Crippen LogP contribution in [-0.2, 0) is 42.1 Å². The van der Waals surface area contributed by atoms with Crippen molar-refractivity contribution >= 4 is 31.6 Å². The van der Waals surface area contributed by atoms with Gasteiger partial charge in [0.2, 0.25) is 0 Å². The molecule has 0 aliphatic carbocycles. The first-order valence-electron chi connectivity index (χ1n) is 16.1. The number of ether oxygens (including phenoxy) is 4. The molecule has 0 N–H and O–H groups in total. The summed E-state index contributed by atoms with van der Waals surface area (Å²) in [5, 5.41) is 11.8. The first-order chi connectivity index (χ1) is 25.8. The number of benzene rings is 3. The molecule has 1 fully saturated rings. The molecule has 56 heavy (non-hydrogen) atoms. The fourth-order valence-corrected chi connectivity index (χ4v) is 7.23. The van der Waals surface area contributed by atoms with E-state index in [1.54, 1.807) is 25.2 Å². The molecule has 0 amide bonds. The number of esters is 1. The van der Waals surface area contributed by atoms with Crippen molar-refractivity contribution in [3.63, 3.8) is 0 Å². The van der Waals surface area contributed by atoms with Crippen LogP contribution in [0.2, 0.25) is 0 Å². The summed E-state index contributed by atoms with van der Waals surface area (Å²) in [5.74, 6) is -3.53. The van der Waals surface area contributed by atoms with E-state index in [-0.39, 0.29) is 112 Å². The molecule has 4 aromatic rings. The summed E-state index contributed by atoms with van der Waals surface area (Å²) in [5.41, 5.74) is -2.04. The molecule has 0 radical (unpaired) electrons. The number of rotatable bonds is 15. The molecule has 3 aromatic carbocycles. The van der Waals surface area contributed by atoms with Crippen molar-refractivity contribution in [2.24, 2.45) is 0 Å². The molecule has 1 aromatic heterocycles. The Morgan fingerprint density at radius 2 is 1.88 bits per heavy atom. The van der Waals surface area contributed by atoms with Gasteiger partial charge in [-0.25, -0.2) is 27.6 Å². The number of carbonyl (C=O) groups is 1. The Morgan fingerprint density at radius 1 is 1.12 bits per heavy atom. The number of nitrogens with zero attached hydrogens (tertiary/aromatic N) is 4. The van der Waals surface area contributed by atoms with Gasteiger partial charge in [0, 0.05) is 28.0 Å². The smallest absolute Gasteiger partial charge is 0.790 e. The Kier molecular flexibility index (Phi) is 18.5. The summed E-state index contributed by atoms with van der Waals surface area (Å²) in [4.78, 5) is 40.8. The maximum absolute atomic E-state index is 15.9. The third kappa shape index (κ3) is 12.6. The number of thioether (sulfide) groups is 1. The predicted molar refractivity (Wildman–Crippen MR) is 185 cm³/mol. The van der Waals surface area contributed by atoms with Gasteiger partial charge in [-0.05, 0) is 49.4 Å². The maximum Gasteiger partial charge on any atom is 1.00 e. The topological polar surface area (TPSA) is 181 Å². The van der Waals surface area contributed by atoms with Gasteiger partial charge in [-0.3, -0.25) is 0 Å². The Balaban J connectivity index is 0.00000420. The van der Waals surface area contributed by atoms with Gasteiger partial charge in [0.05, 0.1) is 63.7 Å². The van der Waals surface area contributed by atoms with E-state index >= 15 is 4.39 Å². The fraction of sp³-hybridized carbons (Fsp3) is 0.278. The van der Waals surface area contributed by atoms with E-state index < -0.39 is 60.2 Å². The number of nitriles is 1. The standard InChI is InChI=1S/C36H34F3N4O9PS.2Na/c1-23(54-27-17-49-34(50-18-27)9-4-3-6-25-11-10-24(16-40)14-31(25)38)36(20-43-22-41-21-42-43,30-13-12-26(37)15-32(30)39)52-35(44)28-7-5-8-33(48-2)29(28)19-51-53(45,46)47;;/h3-15,21-23,27,34H,17-20H2,1-2H3,(H2,45,46,47);;/q;2*+1/p-2/b6-3+,9-4+;;/t23-,27?,34?,36-;;/m1../s1. The van der Waals surface area contributed by atoms with Gasteiger partial charge >= 0.3 is 65.1 Å². The van der Waals surface area contributed by atoms with Gasteiger partial charge in [0.15, 0.2) is 11.9 Å². The number of allylic oxidation sites excluding steroid dienone is 2. The van der Waals surface area contributed by atoms with Crippen LogP contribution in [0.5, 0.6) is 5.75 Å². The molecule has 1 saturated heterocycles. The number of phosphoric acid groups is 1. The van der Waals surface area contributed by atoms with Crippen LogP contribution < -0.4 is 73.6 Å². The predicted octanol–water partition coefficient (Wildman–Crippen LogP) is -1.19. The molecule has 0 spiro atoms. The molecule has 0 bridgehead atoms. The Bertz CT molecular complexity index is 2100. The molecule has 5 rings (SSSR count). The summed E-state index contributed by atoms with van der Waals surface area (Å²) in [6.45, 7) is 0.765. The van der Waals surface area contributed by atoms with E-state index in [1.165, 1.54) is 72.6 Å². The number of aromatic nitrogens is 3. The number of carbonyl (C=O) groups excluding carboxylic acids is 1. The van der Waals surface area contributed by atoms with Gasteiger partial charge in [-0.2, -0.15) is 10.4 Å². The zero-order valence-electron chi connectivity index (χ0n) is 30.7. The molecule has 2 heterocycles. The van der Waals surface area contributed by atoms with Gasteiger partial charge in [-0.1, -0.05) is 30.4 Å². The van der Waals surface area contributed by atoms with Crippen molar-refractivity contribution in [1.29, 1.82) is 5.26 Å². The Labute approximate surface area is 369 Å². The van der Waals surface area contributed by atoms with Crippen LogP contribution in [0.15, 0.2) is 85.5 Å². The van der Waals surface area contributed by atoms with Crippen molar-refractivity contribution in [2.75, 3.05) is 20.3 Å². The van der Waals surface area contributed by atoms with Gasteiger partial charge in [0.1, 0.15) is 35.9 Å². The molecular weight excluding hydrogens is 798 g/mol. The summed E-state index contributed by atoms with van der Waals surface area (Å²) in [6.07, 6.45) is 8.12. The third-order valence-electron chi connectivity index (χ3n) is 8.20. The minimum atomic E-state index is -5.49. The molecule has 284 valence electrons. The quantitative estimate of drug-likeness (QED) is 0.0605. The molecule has 0 saturated carbocycles. The van der Waals surface area contributed by atoms with Crippen LogP contribution in [0, 0.1) is 28.8 Å². The zero-order valence-corrected chi connectivity index (χ0v) is 36.4. The van der Waals surface area contributed by atoms with Crippen molar-refractivity contribution in [3.8, 4) is 11.8 Å². The monoisotopic (exact) mass is 830 g/mol. The van der Waals surface area contributed by atoms with E-state index in [0.717, 1.165) is 18.2 Å². The summed E-state index contributed by atoms with van der Waals surface area (Å²) >= 11 is 1.23. The fourth-order valence-electron chi connectivity index (χ4n) is 5.59.